The highest BCUT2D eigenvalue weighted by Gasteiger charge is 2.05. The van der Waals surface area contributed by atoms with Gasteiger partial charge in [-0.25, -0.2) is 9.97 Å². The van der Waals surface area contributed by atoms with Crippen LogP contribution < -0.4 is 15.4 Å². The normalized spacial score (nSPS) is 11.0. The number of hydrogen-bond acceptors (Lipinski definition) is 6. The maximum atomic E-state index is 5.45. The lowest BCUT2D eigenvalue weighted by molar-refractivity contribution is 0.412. The number of nitrogens with zero attached hydrogens (tertiary/aromatic N) is 4. The zero-order valence-corrected chi connectivity index (χ0v) is 14.6. The monoisotopic (exact) mass is 327 g/mol. The Bertz CT molecular complexity index is 668. The summed E-state index contributed by atoms with van der Waals surface area (Å²) in [5.74, 6) is 2.33. The molecule has 0 bridgehead atoms. The van der Waals surface area contributed by atoms with Gasteiger partial charge in [-0.2, -0.15) is 0 Å². The number of unbranched alkanes of at least 4 members (excludes halogenated alkanes) is 1. The third-order valence-electron chi connectivity index (χ3n) is 3.64. The van der Waals surface area contributed by atoms with E-state index in [9.17, 15) is 0 Å². The highest BCUT2D eigenvalue weighted by molar-refractivity contribution is 5.46. The number of aromatic nitrogens is 3. The van der Waals surface area contributed by atoms with Gasteiger partial charge in [0.05, 0.1) is 13.3 Å². The minimum atomic E-state index is 0.649. The number of nitrogens with two attached hydrogens (primary N) is 1. The Balaban J connectivity index is 1.90. The van der Waals surface area contributed by atoms with E-state index in [0.29, 0.717) is 5.82 Å². The van der Waals surface area contributed by atoms with E-state index in [2.05, 4.69) is 15.0 Å². The van der Waals surface area contributed by atoms with Gasteiger partial charge in [0.1, 0.15) is 11.6 Å². The van der Waals surface area contributed by atoms with Crippen molar-refractivity contribution in [3.05, 3.63) is 47.8 Å². The summed E-state index contributed by atoms with van der Waals surface area (Å²) < 4.78 is 5.12. The Morgan fingerprint density at radius 1 is 1.12 bits per heavy atom. The van der Waals surface area contributed by atoms with E-state index in [0.717, 1.165) is 48.6 Å². The molecule has 0 fully saturated rings. The number of aryl methyl sites for hydroxylation is 2. The average molecular weight is 327 g/mol. The summed E-state index contributed by atoms with van der Waals surface area (Å²) in [6.45, 7) is 0. The highest BCUT2D eigenvalue weighted by atomic mass is 16.5. The molecule has 0 atom stereocenters. The van der Waals surface area contributed by atoms with Gasteiger partial charge in [-0.1, -0.05) is 0 Å². The van der Waals surface area contributed by atoms with Crippen molar-refractivity contribution in [1.29, 1.82) is 0 Å². The number of ether oxygens (including phenoxy) is 1. The quantitative estimate of drug-likeness (QED) is 0.750. The van der Waals surface area contributed by atoms with Crippen molar-refractivity contribution in [2.75, 3.05) is 26.1 Å². The van der Waals surface area contributed by atoms with Crippen LogP contribution in [0.4, 0.5) is 5.82 Å². The van der Waals surface area contributed by atoms with E-state index in [4.69, 9.17) is 10.5 Å². The van der Waals surface area contributed by atoms with E-state index in [1.807, 2.05) is 37.2 Å². The highest BCUT2D eigenvalue weighted by Crippen LogP contribution is 2.14. The molecular weight excluding hydrogens is 302 g/mol. The minimum Gasteiger partial charge on any atom is -0.495 e. The topological polar surface area (TPSA) is 77.2 Å². The number of methoxy groups -OCH3 is 1. The molecule has 2 aromatic heterocycles. The van der Waals surface area contributed by atoms with Crippen LogP contribution in [0.3, 0.4) is 0 Å². The van der Waals surface area contributed by atoms with Crippen molar-refractivity contribution in [1.82, 2.24) is 15.0 Å². The van der Waals surface area contributed by atoms with Gasteiger partial charge in [0.25, 0.3) is 0 Å². The first-order valence-electron chi connectivity index (χ1n) is 8.05. The van der Waals surface area contributed by atoms with Crippen LogP contribution in [0.25, 0.3) is 6.08 Å². The van der Waals surface area contributed by atoms with E-state index in [-0.39, 0.29) is 0 Å². The average Bonchev–Trinajstić information content (AvgIpc) is 2.59. The molecule has 2 rings (SSSR count). The van der Waals surface area contributed by atoms with Crippen LogP contribution in [0, 0.1) is 0 Å². The molecule has 0 amide bonds. The van der Waals surface area contributed by atoms with E-state index in [1.165, 1.54) is 6.20 Å². The van der Waals surface area contributed by atoms with E-state index >= 15 is 0 Å². The zero-order chi connectivity index (χ0) is 17.4. The fourth-order valence-electron chi connectivity index (χ4n) is 2.31. The number of hydrogen-bond donors (Lipinski definition) is 1. The summed E-state index contributed by atoms with van der Waals surface area (Å²) in [6, 6.07) is 5.98. The molecule has 2 heterocycles. The van der Waals surface area contributed by atoms with Crippen LogP contribution in [0.1, 0.15) is 30.1 Å². The van der Waals surface area contributed by atoms with Crippen LogP contribution >= 0.6 is 0 Å². The lowest BCUT2D eigenvalue weighted by Gasteiger charge is -2.13. The zero-order valence-electron chi connectivity index (χ0n) is 14.6. The van der Waals surface area contributed by atoms with Crippen molar-refractivity contribution in [3.63, 3.8) is 0 Å². The molecule has 0 saturated heterocycles. The summed E-state index contributed by atoms with van der Waals surface area (Å²) in [6.07, 6.45) is 8.91. The maximum Gasteiger partial charge on any atom is 0.155 e. The molecule has 0 spiro atoms. The van der Waals surface area contributed by atoms with Crippen molar-refractivity contribution < 1.29 is 4.74 Å². The van der Waals surface area contributed by atoms with Gasteiger partial charge >= 0.3 is 0 Å². The second-order valence-corrected chi connectivity index (χ2v) is 5.73. The van der Waals surface area contributed by atoms with Crippen LogP contribution in [0.15, 0.2) is 30.6 Å². The lowest BCUT2D eigenvalue weighted by Crippen LogP contribution is -2.13. The minimum absolute atomic E-state index is 0.649. The molecule has 128 valence electrons. The first-order valence-corrected chi connectivity index (χ1v) is 8.05. The van der Waals surface area contributed by atoms with Crippen LogP contribution in [-0.2, 0) is 12.8 Å². The second kappa shape index (κ2) is 8.86. The Hall–Kier alpha value is -2.63. The second-order valence-electron chi connectivity index (χ2n) is 5.73. The summed E-state index contributed by atoms with van der Waals surface area (Å²) in [7, 11) is 5.59. The number of rotatable bonds is 8. The molecular formula is C18H25N5O. The molecule has 0 radical (unpaired) electrons. The van der Waals surface area contributed by atoms with E-state index in [1.54, 1.807) is 19.4 Å². The van der Waals surface area contributed by atoms with Crippen LogP contribution in [0.2, 0.25) is 0 Å². The Morgan fingerprint density at radius 3 is 2.46 bits per heavy atom. The van der Waals surface area contributed by atoms with Gasteiger partial charge in [0, 0.05) is 31.5 Å². The first kappa shape index (κ1) is 17.7. The first-order chi connectivity index (χ1) is 11.6. The largest absolute Gasteiger partial charge is 0.495 e. The molecule has 6 nitrogen and oxygen atoms in total. The summed E-state index contributed by atoms with van der Waals surface area (Å²) in [4.78, 5) is 15.3. The fraction of sp³-hybridized carbons (Fsp3) is 0.389. The van der Waals surface area contributed by atoms with Crippen molar-refractivity contribution in [2.45, 2.75) is 25.7 Å². The van der Waals surface area contributed by atoms with Crippen LogP contribution in [-0.4, -0.2) is 36.2 Å². The molecule has 0 aromatic carbocycles. The Kier molecular flexibility index (Phi) is 6.54. The number of pyridine rings is 1. The van der Waals surface area contributed by atoms with Gasteiger partial charge in [0.15, 0.2) is 5.82 Å². The molecule has 6 heteroatoms. The standard InChI is InChI=1S/C18H25N5O/c1-23(2)18-12-15(21-17(22-18)10-11-19)7-5-4-6-14-8-9-16(24-3)13-20-14/h8-13H,4-7,19H2,1-3H3. The van der Waals surface area contributed by atoms with Gasteiger partial charge < -0.3 is 15.4 Å². The Morgan fingerprint density at radius 2 is 1.88 bits per heavy atom. The van der Waals surface area contributed by atoms with Crippen molar-refractivity contribution in [3.8, 4) is 5.75 Å². The number of anilines is 1. The molecule has 0 aliphatic heterocycles. The van der Waals surface area contributed by atoms with E-state index < -0.39 is 0 Å². The molecule has 24 heavy (non-hydrogen) atoms. The Labute approximate surface area is 143 Å². The predicted octanol–water partition coefficient (Wildman–Crippen LogP) is 2.44. The predicted molar refractivity (Wildman–Crippen MR) is 97.0 cm³/mol. The van der Waals surface area contributed by atoms with Gasteiger partial charge in [-0.15, -0.1) is 0 Å². The lowest BCUT2D eigenvalue weighted by atomic mass is 10.1. The molecule has 0 aliphatic rings. The SMILES string of the molecule is COc1ccc(CCCCc2cc(N(C)C)nc(C=CN)n2)nc1. The molecule has 0 unspecified atom stereocenters. The fourth-order valence-corrected chi connectivity index (χ4v) is 2.31. The van der Waals surface area contributed by atoms with Gasteiger partial charge in [-0.3, -0.25) is 4.98 Å². The maximum absolute atomic E-state index is 5.45. The van der Waals surface area contributed by atoms with Crippen LogP contribution in [0.5, 0.6) is 5.75 Å². The van der Waals surface area contributed by atoms with Crippen molar-refractivity contribution >= 4 is 11.9 Å². The smallest absolute Gasteiger partial charge is 0.155 e. The molecule has 2 aromatic rings. The molecule has 2 N–H and O–H groups in total. The van der Waals surface area contributed by atoms with Gasteiger partial charge in [-0.05, 0) is 50.1 Å². The van der Waals surface area contributed by atoms with Gasteiger partial charge in [0.2, 0.25) is 0 Å². The summed E-state index contributed by atoms with van der Waals surface area (Å²) in [5.41, 5.74) is 7.57. The third kappa shape index (κ3) is 5.22. The summed E-state index contributed by atoms with van der Waals surface area (Å²) >= 11 is 0. The molecule has 0 aliphatic carbocycles. The van der Waals surface area contributed by atoms with Crippen molar-refractivity contribution in [2.24, 2.45) is 5.73 Å². The molecule has 0 saturated carbocycles. The summed E-state index contributed by atoms with van der Waals surface area (Å²) in [5, 5.41) is 0. The third-order valence-corrected chi connectivity index (χ3v) is 3.64.